The number of nitrogens with two attached hydrogens (primary N) is 1. The molecule has 0 saturated carbocycles. The molecule has 0 fully saturated rings. The summed E-state index contributed by atoms with van der Waals surface area (Å²) in [5, 5.41) is 2.64. The number of amides is 2. The van der Waals surface area contributed by atoms with Crippen LogP contribution in [0.2, 0.25) is 0 Å². The number of hydrogen-bond donors (Lipinski definition) is 3. The fraction of sp³-hybridized carbons (Fsp3) is 0.0909. The van der Waals surface area contributed by atoms with E-state index >= 15 is 0 Å². The Bertz CT molecular complexity index is 1220. The Hall–Kier alpha value is -3.65. The van der Waals surface area contributed by atoms with Gasteiger partial charge < -0.3 is 11.1 Å². The number of carbonyl (C=O) groups is 2. The first-order valence-electron chi connectivity index (χ1n) is 9.08. The van der Waals surface area contributed by atoms with E-state index in [0.29, 0.717) is 5.56 Å². The monoisotopic (exact) mass is 423 g/mol. The molecule has 3 aromatic carbocycles. The van der Waals surface area contributed by atoms with E-state index in [1.807, 2.05) is 6.92 Å². The highest BCUT2D eigenvalue weighted by atomic mass is 32.2. The molecule has 2 amide bonds. The van der Waals surface area contributed by atoms with Gasteiger partial charge in [-0.25, -0.2) is 8.42 Å². The number of aryl methyl sites for hydroxylation is 2. The van der Waals surface area contributed by atoms with E-state index in [1.54, 1.807) is 49.4 Å². The summed E-state index contributed by atoms with van der Waals surface area (Å²) in [5.41, 5.74) is 7.90. The second-order valence-electron chi connectivity index (χ2n) is 6.81. The molecular weight excluding hydrogens is 402 g/mol. The zero-order valence-electron chi connectivity index (χ0n) is 16.5. The maximum atomic E-state index is 12.7. The molecule has 0 aromatic heterocycles. The van der Waals surface area contributed by atoms with Gasteiger partial charge in [-0.2, -0.15) is 0 Å². The lowest BCUT2D eigenvalue weighted by molar-refractivity contribution is 0.100. The van der Waals surface area contributed by atoms with Gasteiger partial charge in [-0.1, -0.05) is 35.9 Å². The van der Waals surface area contributed by atoms with Crippen molar-refractivity contribution in [2.45, 2.75) is 18.7 Å². The molecule has 30 heavy (non-hydrogen) atoms. The van der Waals surface area contributed by atoms with E-state index in [1.165, 1.54) is 24.3 Å². The van der Waals surface area contributed by atoms with Crippen molar-refractivity contribution in [2.75, 3.05) is 10.0 Å². The van der Waals surface area contributed by atoms with Crippen molar-refractivity contribution in [2.24, 2.45) is 5.73 Å². The lowest BCUT2D eigenvalue weighted by Gasteiger charge is -2.13. The summed E-state index contributed by atoms with van der Waals surface area (Å²) in [6.07, 6.45) is 0. The molecule has 0 heterocycles. The number of carbonyl (C=O) groups excluding carboxylic acids is 2. The van der Waals surface area contributed by atoms with Gasteiger partial charge in [-0.15, -0.1) is 0 Å². The Kier molecular flexibility index (Phi) is 5.89. The fourth-order valence-corrected chi connectivity index (χ4v) is 3.92. The second kappa shape index (κ2) is 8.38. The lowest BCUT2D eigenvalue weighted by Crippen LogP contribution is -2.19. The molecule has 4 N–H and O–H groups in total. The second-order valence-corrected chi connectivity index (χ2v) is 8.49. The fourth-order valence-electron chi connectivity index (χ4n) is 2.80. The summed E-state index contributed by atoms with van der Waals surface area (Å²) in [5.74, 6) is -1.17. The van der Waals surface area contributed by atoms with Crippen molar-refractivity contribution >= 4 is 33.2 Å². The highest BCUT2D eigenvalue weighted by Crippen LogP contribution is 2.23. The van der Waals surface area contributed by atoms with Crippen molar-refractivity contribution in [3.8, 4) is 0 Å². The molecule has 0 aliphatic rings. The van der Waals surface area contributed by atoms with Crippen LogP contribution in [0.25, 0.3) is 0 Å². The molecule has 0 aliphatic carbocycles. The number of benzene rings is 3. The Morgan fingerprint density at radius 2 is 1.53 bits per heavy atom. The van der Waals surface area contributed by atoms with Crippen molar-refractivity contribution in [1.29, 1.82) is 0 Å². The summed E-state index contributed by atoms with van der Waals surface area (Å²) in [4.78, 5) is 24.4. The van der Waals surface area contributed by atoms with Crippen LogP contribution in [0, 0.1) is 13.8 Å². The molecule has 0 atom stereocenters. The van der Waals surface area contributed by atoms with Crippen molar-refractivity contribution in [3.05, 3.63) is 89.0 Å². The van der Waals surface area contributed by atoms with Gasteiger partial charge in [0.25, 0.3) is 21.8 Å². The minimum Gasteiger partial charge on any atom is -0.366 e. The summed E-state index contributed by atoms with van der Waals surface area (Å²) >= 11 is 0. The molecular formula is C22H21N3O4S. The zero-order valence-corrected chi connectivity index (χ0v) is 17.3. The topological polar surface area (TPSA) is 118 Å². The van der Waals surface area contributed by atoms with Crippen molar-refractivity contribution in [3.63, 3.8) is 0 Å². The van der Waals surface area contributed by atoms with Crippen LogP contribution in [0.4, 0.5) is 11.4 Å². The van der Waals surface area contributed by atoms with E-state index in [0.717, 1.165) is 5.56 Å². The third-order valence-electron chi connectivity index (χ3n) is 4.52. The first-order valence-corrected chi connectivity index (χ1v) is 10.6. The van der Waals surface area contributed by atoms with E-state index in [4.69, 9.17) is 5.73 Å². The van der Waals surface area contributed by atoms with Crippen LogP contribution in [0.1, 0.15) is 31.8 Å². The molecule has 3 aromatic rings. The van der Waals surface area contributed by atoms with Gasteiger partial charge in [-0.05, 0) is 55.8 Å². The van der Waals surface area contributed by atoms with Gasteiger partial charge in [-0.3, -0.25) is 14.3 Å². The van der Waals surface area contributed by atoms with Crippen LogP contribution in [0.5, 0.6) is 0 Å². The van der Waals surface area contributed by atoms with Crippen molar-refractivity contribution < 1.29 is 18.0 Å². The molecule has 0 bridgehead atoms. The van der Waals surface area contributed by atoms with Gasteiger partial charge in [0.2, 0.25) is 0 Å². The Morgan fingerprint density at radius 1 is 0.867 bits per heavy atom. The average molecular weight is 423 g/mol. The summed E-state index contributed by atoms with van der Waals surface area (Å²) in [6, 6.07) is 17.5. The van der Waals surface area contributed by atoms with Gasteiger partial charge in [0, 0.05) is 5.56 Å². The third-order valence-corrected chi connectivity index (χ3v) is 5.90. The molecule has 7 nitrogen and oxygen atoms in total. The van der Waals surface area contributed by atoms with Gasteiger partial charge in [0.05, 0.1) is 21.8 Å². The first-order chi connectivity index (χ1) is 14.2. The SMILES string of the molecule is Cc1ccc(S(=O)(=O)Nc2cc(C(=O)Nc3ccccc3C(N)=O)ccc2C)cc1. The smallest absolute Gasteiger partial charge is 0.261 e. The number of nitrogens with one attached hydrogen (secondary N) is 2. The van der Waals surface area contributed by atoms with Crippen LogP contribution in [0.15, 0.2) is 71.6 Å². The number of para-hydroxylation sites is 1. The van der Waals surface area contributed by atoms with Crippen LogP contribution in [-0.2, 0) is 10.0 Å². The first kappa shape index (κ1) is 21.1. The number of rotatable bonds is 6. The molecule has 8 heteroatoms. The molecule has 154 valence electrons. The largest absolute Gasteiger partial charge is 0.366 e. The third kappa shape index (κ3) is 4.66. The van der Waals surface area contributed by atoms with E-state index in [-0.39, 0.29) is 27.4 Å². The maximum absolute atomic E-state index is 12.7. The number of anilines is 2. The maximum Gasteiger partial charge on any atom is 0.261 e. The highest BCUT2D eigenvalue weighted by molar-refractivity contribution is 7.92. The minimum absolute atomic E-state index is 0.123. The predicted molar refractivity (Wildman–Crippen MR) is 116 cm³/mol. The van der Waals surface area contributed by atoms with E-state index < -0.39 is 21.8 Å². The van der Waals surface area contributed by atoms with Gasteiger partial charge in [0.1, 0.15) is 0 Å². The quantitative estimate of drug-likeness (QED) is 0.563. The standard InChI is InChI=1S/C22H21N3O4S/c1-14-7-11-17(12-8-14)30(28,29)25-20-13-16(10-9-15(20)2)22(27)24-19-6-4-3-5-18(19)21(23)26/h3-13,25H,1-2H3,(H2,23,26)(H,24,27). The minimum atomic E-state index is -3.81. The van der Waals surface area contributed by atoms with E-state index in [2.05, 4.69) is 10.0 Å². The summed E-state index contributed by atoms with van der Waals surface area (Å²) < 4.78 is 27.9. The zero-order chi connectivity index (χ0) is 21.9. The summed E-state index contributed by atoms with van der Waals surface area (Å²) in [6.45, 7) is 3.60. The predicted octanol–water partition coefficient (Wildman–Crippen LogP) is 3.46. The molecule has 0 saturated heterocycles. The average Bonchev–Trinajstić information content (AvgIpc) is 2.70. The van der Waals surface area contributed by atoms with E-state index in [9.17, 15) is 18.0 Å². The Morgan fingerprint density at radius 3 is 2.20 bits per heavy atom. The number of hydrogen-bond acceptors (Lipinski definition) is 4. The van der Waals surface area contributed by atoms with Crippen molar-refractivity contribution in [1.82, 2.24) is 0 Å². The molecule has 0 unspecified atom stereocenters. The number of primary amides is 1. The molecule has 0 spiro atoms. The lowest BCUT2D eigenvalue weighted by atomic mass is 10.1. The molecule has 0 radical (unpaired) electrons. The Balaban J connectivity index is 1.87. The summed E-state index contributed by atoms with van der Waals surface area (Å²) in [7, 11) is -3.81. The normalized spacial score (nSPS) is 11.0. The van der Waals surface area contributed by atoms with Gasteiger partial charge in [0.15, 0.2) is 0 Å². The van der Waals surface area contributed by atoms with Gasteiger partial charge >= 0.3 is 0 Å². The van der Waals surface area contributed by atoms with Crippen LogP contribution < -0.4 is 15.8 Å². The molecule has 0 aliphatic heterocycles. The highest BCUT2D eigenvalue weighted by Gasteiger charge is 2.17. The Labute approximate surface area is 175 Å². The van der Waals surface area contributed by atoms with Crippen LogP contribution in [0.3, 0.4) is 0 Å². The van der Waals surface area contributed by atoms with Crippen LogP contribution >= 0.6 is 0 Å². The van der Waals surface area contributed by atoms with Crippen LogP contribution in [-0.4, -0.2) is 20.2 Å². The number of sulfonamides is 1. The molecule has 3 rings (SSSR count).